The van der Waals surface area contributed by atoms with E-state index in [4.69, 9.17) is 0 Å². The van der Waals surface area contributed by atoms with Crippen LogP contribution in [0.5, 0.6) is 0 Å². The van der Waals surface area contributed by atoms with Crippen LogP contribution >= 0.6 is 0 Å². The largest absolute Gasteiger partial charge is 0.387 e. The highest BCUT2D eigenvalue weighted by atomic mass is 32.2. The summed E-state index contributed by atoms with van der Waals surface area (Å²) in [4.78, 5) is 0.321. The Kier molecular flexibility index (Phi) is 4.70. The van der Waals surface area contributed by atoms with E-state index in [-0.39, 0.29) is 5.41 Å². The maximum Gasteiger partial charge on any atom is 0.242 e. The van der Waals surface area contributed by atoms with Crippen molar-refractivity contribution in [3.63, 3.8) is 0 Å². The normalized spacial score (nSPS) is 18.7. The average Bonchev–Trinajstić information content (AvgIpc) is 2.46. The first-order valence-electron chi connectivity index (χ1n) is 7.23. The molecule has 1 aliphatic rings. The summed E-state index contributed by atoms with van der Waals surface area (Å²) in [6.45, 7) is 2.70. The van der Waals surface area contributed by atoms with Crippen LogP contribution < -0.4 is 10.0 Å². The number of nitrogens with one attached hydrogen (secondary N) is 2. The van der Waals surface area contributed by atoms with Gasteiger partial charge in [-0.25, -0.2) is 13.1 Å². The summed E-state index contributed by atoms with van der Waals surface area (Å²) in [5.41, 5.74) is 0.730. The minimum absolute atomic E-state index is 0.0971. The monoisotopic (exact) mass is 296 g/mol. The summed E-state index contributed by atoms with van der Waals surface area (Å²) in [6, 6.07) is 6.99. The smallest absolute Gasteiger partial charge is 0.242 e. The lowest BCUT2D eigenvalue weighted by Crippen LogP contribution is -2.37. The molecule has 1 aromatic rings. The van der Waals surface area contributed by atoms with Gasteiger partial charge in [0.25, 0.3) is 0 Å². The quantitative estimate of drug-likeness (QED) is 0.878. The van der Waals surface area contributed by atoms with E-state index >= 15 is 0 Å². The molecule has 0 unspecified atom stereocenters. The lowest BCUT2D eigenvalue weighted by atomic mass is 9.76. The Morgan fingerprint density at radius 2 is 1.80 bits per heavy atom. The topological polar surface area (TPSA) is 58.2 Å². The Hall–Kier alpha value is -1.07. The Morgan fingerprint density at radius 3 is 2.45 bits per heavy atom. The minimum Gasteiger partial charge on any atom is -0.387 e. The fraction of sp³-hybridized carbons (Fsp3) is 0.600. The summed E-state index contributed by atoms with van der Waals surface area (Å²) >= 11 is 0. The standard InChI is InChI=1S/C15H24N2O2S/c1-15(10-6-3-7-11-15)12-17-20(18,19)14-9-5-4-8-13(14)16-2/h4-5,8-9,16-17H,3,6-7,10-12H2,1-2H3. The molecule has 5 heteroatoms. The summed E-state index contributed by atoms with van der Waals surface area (Å²) in [7, 11) is -1.72. The van der Waals surface area contributed by atoms with Crippen LogP contribution in [0.15, 0.2) is 29.2 Å². The van der Waals surface area contributed by atoms with E-state index in [1.807, 2.05) is 6.07 Å². The molecule has 4 nitrogen and oxygen atoms in total. The van der Waals surface area contributed by atoms with E-state index in [2.05, 4.69) is 17.0 Å². The SMILES string of the molecule is CNc1ccccc1S(=O)(=O)NCC1(C)CCCCC1. The molecular weight excluding hydrogens is 272 g/mol. The van der Waals surface area contributed by atoms with E-state index in [0.717, 1.165) is 12.8 Å². The van der Waals surface area contributed by atoms with Crippen LogP contribution in [0.2, 0.25) is 0 Å². The van der Waals surface area contributed by atoms with Crippen LogP contribution in [-0.4, -0.2) is 22.0 Å². The van der Waals surface area contributed by atoms with Gasteiger partial charge in [-0.05, 0) is 30.4 Å². The molecule has 2 rings (SSSR count). The van der Waals surface area contributed by atoms with Crippen molar-refractivity contribution in [3.05, 3.63) is 24.3 Å². The fourth-order valence-corrected chi connectivity index (χ4v) is 4.25. The second kappa shape index (κ2) is 6.14. The predicted octanol–water partition coefficient (Wildman–Crippen LogP) is 2.98. The van der Waals surface area contributed by atoms with Gasteiger partial charge in [0.2, 0.25) is 10.0 Å². The van der Waals surface area contributed by atoms with Gasteiger partial charge in [-0.3, -0.25) is 0 Å². The third-order valence-corrected chi connectivity index (χ3v) is 5.65. The van der Waals surface area contributed by atoms with Crippen LogP contribution in [0.4, 0.5) is 5.69 Å². The number of rotatable bonds is 5. The molecule has 0 aromatic heterocycles. The number of hydrogen-bond donors (Lipinski definition) is 2. The highest BCUT2D eigenvalue weighted by Gasteiger charge is 2.29. The van der Waals surface area contributed by atoms with Crippen molar-refractivity contribution in [2.45, 2.75) is 43.9 Å². The van der Waals surface area contributed by atoms with E-state index in [1.54, 1.807) is 25.2 Å². The molecule has 0 radical (unpaired) electrons. The van der Waals surface area contributed by atoms with Crippen molar-refractivity contribution >= 4 is 15.7 Å². The molecule has 1 aromatic carbocycles. The van der Waals surface area contributed by atoms with Crippen molar-refractivity contribution in [2.75, 3.05) is 18.9 Å². The van der Waals surface area contributed by atoms with Gasteiger partial charge in [0, 0.05) is 13.6 Å². The zero-order chi connectivity index (χ0) is 14.6. The van der Waals surface area contributed by atoms with Crippen molar-refractivity contribution in [1.29, 1.82) is 0 Å². The summed E-state index contributed by atoms with van der Waals surface area (Å²) in [5, 5.41) is 2.93. The van der Waals surface area contributed by atoms with Crippen molar-refractivity contribution in [3.8, 4) is 0 Å². The van der Waals surface area contributed by atoms with Crippen LogP contribution in [0.1, 0.15) is 39.0 Å². The first kappa shape index (κ1) is 15.3. The van der Waals surface area contributed by atoms with Crippen LogP contribution in [-0.2, 0) is 10.0 Å². The number of hydrogen-bond acceptors (Lipinski definition) is 3. The summed E-state index contributed by atoms with van der Waals surface area (Å²) in [5.74, 6) is 0. The van der Waals surface area contributed by atoms with Gasteiger partial charge in [0.1, 0.15) is 4.90 Å². The number of benzene rings is 1. The predicted molar refractivity (Wildman–Crippen MR) is 82.4 cm³/mol. The second-order valence-electron chi connectivity index (χ2n) is 5.94. The van der Waals surface area contributed by atoms with Gasteiger partial charge >= 0.3 is 0 Å². The number of anilines is 1. The Labute approximate surface area is 122 Å². The molecule has 0 spiro atoms. The van der Waals surface area contributed by atoms with E-state index in [9.17, 15) is 8.42 Å². The lowest BCUT2D eigenvalue weighted by molar-refractivity contribution is 0.219. The molecule has 112 valence electrons. The summed E-state index contributed by atoms with van der Waals surface area (Å²) < 4.78 is 27.7. The first-order valence-corrected chi connectivity index (χ1v) is 8.72. The molecule has 1 fully saturated rings. The lowest BCUT2D eigenvalue weighted by Gasteiger charge is -2.33. The van der Waals surface area contributed by atoms with E-state index < -0.39 is 10.0 Å². The number of para-hydroxylation sites is 1. The maximum absolute atomic E-state index is 12.4. The van der Waals surface area contributed by atoms with Gasteiger partial charge in [-0.15, -0.1) is 0 Å². The molecule has 0 aliphatic heterocycles. The molecule has 0 bridgehead atoms. The third-order valence-electron chi connectivity index (χ3n) is 4.20. The van der Waals surface area contributed by atoms with Gasteiger partial charge in [-0.1, -0.05) is 38.3 Å². The minimum atomic E-state index is -3.45. The highest BCUT2D eigenvalue weighted by molar-refractivity contribution is 7.89. The molecule has 1 aliphatic carbocycles. The third kappa shape index (κ3) is 3.52. The fourth-order valence-electron chi connectivity index (χ4n) is 2.84. The Bertz CT molecular complexity index is 549. The summed E-state index contributed by atoms with van der Waals surface area (Å²) in [6.07, 6.45) is 5.87. The molecule has 1 saturated carbocycles. The molecule has 20 heavy (non-hydrogen) atoms. The van der Waals surface area contributed by atoms with Crippen LogP contribution in [0.3, 0.4) is 0 Å². The first-order chi connectivity index (χ1) is 9.47. The highest BCUT2D eigenvalue weighted by Crippen LogP contribution is 2.35. The molecule has 0 amide bonds. The molecule has 2 N–H and O–H groups in total. The van der Waals surface area contributed by atoms with E-state index in [1.165, 1.54) is 19.3 Å². The maximum atomic E-state index is 12.4. The van der Waals surface area contributed by atoms with Crippen molar-refractivity contribution in [2.24, 2.45) is 5.41 Å². The van der Waals surface area contributed by atoms with E-state index in [0.29, 0.717) is 17.1 Å². The molecule has 0 saturated heterocycles. The van der Waals surface area contributed by atoms with Gasteiger partial charge in [0.15, 0.2) is 0 Å². The molecule has 0 heterocycles. The number of sulfonamides is 1. The van der Waals surface area contributed by atoms with Crippen LogP contribution in [0, 0.1) is 5.41 Å². The van der Waals surface area contributed by atoms with Crippen LogP contribution in [0.25, 0.3) is 0 Å². The Balaban J connectivity index is 2.11. The van der Waals surface area contributed by atoms with Gasteiger partial charge < -0.3 is 5.32 Å². The zero-order valence-electron chi connectivity index (χ0n) is 12.3. The second-order valence-corrected chi connectivity index (χ2v) is 7.68. The Morgan fingerprint density at radius 1 is 1.15 bits per heavy atom. The zero-order valence-corrected chi connectivity index (χ0v) is 13.1. The van der Waals surface area contributed by atoms with Crippen molar-refractivity contribution < 1.29 is 8.42 Å². The average molecular weight is 296 g/mol. The van der Waals surface area contributed by atoms with Gasteiger partial charge in [0.05, 0.1) is 5.69 Å². The molecule has 0 atom stereocenters. The molecular formula is C15H24N2O2S. The van der Waals surface area contributed by atoms with Crippen molar-refractivity contribution in [1.82, 2.24) is 4.72 Å². The van der Waals surface area contributed by atoms with Gasteiger partial charge in [-0.2, -0.15) is 0 Å².